The highest BCUT2D eigenvalue weighted by Crippen LogP contribution is 2.20. The third-order valence-corrected chi connectivity index (χ3v) is 2.80. The van der Waals surface area contributed by atoms with Crippen molar-refractivity contribution in [1.29, 1.82) is 0 Å². The minimum atomic E-state index is -0.270. The molecule has 3 rings (SSSR count). The van der Waals surface area contributed by atoms with Gasteiger partial charge in [0, 0.05) is 5.69 Å². The lowest BCUT2D eigenvalue weighted by molar-refractivity contribution is 0.102. The molecule has 4 N–H and O–H groups in total. The first-order chi connectivity index (χ1) is 9.25. The molecule has 0 aliphatic heterocycles. The highest BCUT2D eigenvalue weighted by atomic mass is 16.1. The van der Waals surface area contributed by atoms with Gasteiger partial charge in [0.2, 0.25) is 0 Å². The van der Waals surface area contributed by atoms with Crippen molar-refractivity contribution in [3.05, 3.63) is 48.0 Å². The van der Waals surface area contributed by atoms with Crippen molar-refractivity contribution in [3.63, 3.8) is 0 Å². The molecule has 0 aliphatic carbocycles. The van der Waals surface area contributed by atoms with Crippen LogP contribution in [-0.4, -0.2) is 21.3 Å². The van der Waals surface area contributed by atoms with Crippen LogP contribution in [0.25, 0.3) is 11.0 Å². The number of nitrogens with one attached hydrogen (secondary N) is 2. The van der Waals surface area contributed by atoms with E-state index in [-0.39, 0.29) is 5.91 Å². The second kappa shape index (κ2) is 4.41. The predicted molar refractivity (Wildman–Crippen MR) is 72.7 cm³/mol. The van der Waals surface area contributed by atoms with Gasteiger partial charge in [0.15, 0.2) is 0 Å². The van der Waals surface area contributed by atoms with Gasteiger partial charge < -0.3 is 11.1 Å². The Labute approximate surface area is 108 Å². The first kappa shape index (κ1) is 11.2. The van der Waals surface area contributed by atoms with E-state index in [1.54, 1.807) is 36.4 Å². The number of H-pyrrole nitrogens is 1. The maximum atomic E-state index is 12.2. The number of fused-ring (bicyclic) bond motifs is 1. The number of para-hydroxylation sites is 2. The van der Waals surface area contributed by atoms with Gasteiger partial charge in [-0.2, -0.15) is 15.4 Å². The number of benzene rings is 2. The lowest BCUT2D eigenvalue weighted by atomic mass is 10.1. The average molecular weight is 253 g/mol. The second-order valence-corrected chi connectivity index (χ2v) is 4.04. The van der Waals surface area contributed by atoms with E-state index < -0.39 is 0 Å². The SMILES string of the molecule is Nc1ccccc1C(=O)Nc1cccc2n[nH]nc12. The number of aromatic amines is 1. The Morgan fingerprint density at radius 2 is 1.95 bits per heavy atom. The van der Waals surface area contributed by atoms with Crippen LogP contribution in [0.15, 0.2) is 42.5 Å². The minimum absolute atomic E-state index is 0.270. The van der Waals surface area contributed by atoms with Crippen LogP contribution >= 0.6 is 0 Å². The van der Waals surface area contributed by atoms with Crippen molar-refractivity contribution >= 4 is 28.3 Å². The standard InChI is InChI=1S/C13H11N5O/c14-9-5-2-1-4-8(9)13(19)15-10-6-3-7-11-12(10)17-18-16-11/h1-7H,14H2,(H,15,19)(H,16,17,18). The van der Waals surface area contributed by atoms with E-state index in [9.17, 15) is 4.79 Å². The van der Waals surface area contributed by atoms with Gasteiger partial charge in [-0.3, -0.25) is 4.79 Å². The van der Waals surface area contributed by atoms with Crippen molar-refractivity contribution in [2.24, 2.45) is 0 Å². The van der Waals surface area contributed by atoms with Crippen molar-refractivity contribution in [1.82, 2.24) is 15.4 Å². The van der Waals surface area contributed by atoms with Crippen LogP contribution in [0.1, 0.15) is 10.4 Å². The zero-order valence-corrected chi connectivity index (χ0v) is 9.92. The molecular formula is C13H11N5O. The minimum Gasteiger partial charge on any atom is -0.398 e. The van der Waals surface area contributed by atoms with Crippen LogP contribution in [0.2, 0.25) is 0 Å². The van der Waals surface area contributed by atoms with Gasteiger partial charge in [-0.25, -0.2) is 0 Å². The Kier molecular flexibility index (Phi) is 2.60. The Morgan fingerprint density at radius 3 is 2.79 bits per heavy atom. The lowest BCUT2D eigenvalue weighted by Gasteiger charge is -2.07. The highest BCUT2D eigenvalue weighted by molar-refractivity contribution is 6.10. The van der Waals surface area contributed by atoms with Gasteiger partial charge in [0.25, 0.3) is 5.91 Å². The van der Waals surface area contributed by atoms with Crippen LogP contribution in [0.5, 0.6) is 0 Å². The summed E-state index contributed by atoms with van der Waals surface area (Å²) in [6.07, 6.45) is 0. The second-order valence-electron chi connectivity index (χ2n) is 4.04. The number of hydrogen-bond donors (Lipinski definition) is 3. The molecule has 0 bridgehead atoms. The van der Waals surface area contributed by atoms with E-state index in [0.29, 0.717) is 28.0 Å². The Balaban J connectivity index is 1.95. The molecule has 1 heterocycles. The number of nitrogens with two attached hydrogens (primary N) is 1. The summed E-state index contributed by atoms with van der Waals surface area (Å²) in [4.78, 5) is 12.2. The number of carbonyl (C=O) groups is 1. The lowest BCUT2D eigenvalue weighted by Crippen LogP contribution is -2.14. The molecule has 0 spiro atoms. The summed E-state index contributed by atoms with van der Waals surface area (Å²) in [5.74, 6) is -0.270. The maximum absolute atomic E-state index is 12.2. The van der Waals surface area contributed by atoms with Crippen molar-refractivity contribution in [2.75, 3.05) is 11.1 Å². The molecule has 94 valence electrons. The number of nitrogens with zero attached hydrogens (tertiary/aromatic N) is 2. The molecule has 0 saturated heterocycles. The molecule has 0 saturated carbocycles. The molecule has 1 aromatic heterocycles. The fourth-order valence-electron chi connectivity index (χ4n) is 1.86. The summed E-state index contributed by atoms with van der Waals surface area (Å²) < 4.78 is 0. The van der Waals surface area contributed by atoms with E-state index in [0.717, 1.165) is 0 Å². The monoisotopic (exact) mass is 253 g/mol. The van der Waals surface area contributed by atoms with Gasteiger partial charge in [-0.05, 0) is 24.3 Å². The molecule has 3 aromatic rings. The topological polar surface area (TPSA) is 96.7 Å². The number of nitrogen functional groups attached to an aromatic ring is 1. The molecule has 0 atom stereocenters. The van der Waals surface area contributed by atoms with Crippen molar-refractivity contribution < 1.29 is 4.79 Å². The molecule has 1 amide bonds. The number of anilines is 2. The van der Waals surface area contributed by atoms with Crippen LogP contribution in [-0.2, 0) is 0 Å². The summed E-state index contributed by atoms with van der Waals surface area (Å²) in [6, 6.07) is 12.3. The van der Waals surface area contributed by atoms with E-state index in [1.807, 2.05) is 6.07 Å². The zero-order valence-electron chi connectivity index (χ0n) is 9.92. The van der Waals surface area contributed by atoms with E-state index in [4.69, 9.17) is 5.73 Å². The van der Waals surface area contributed by atoms with E-state index in [1.165, 1.54) is 0 Å². The quantitative estimate of drug-likeness (QED) is 0.606. The summed E-state index contributed by atoms with van der Waals surface area (Å²) in [5.41, 5.74) is 8.55. The first-order valence-corrected chi connectivity index (χ1v) is 5.71. The summed E-state index contributed by atoms with van der Waals surface area (Å²) in [7, 11) is 0. The molecule has 0 fully saturated rings. The van der Waals surface area contributed by atoms with E-state index >= 15 is 0 Å². The van der Waals surface area contributed by atoms with Gasteiger partial charge >= 0.3 is 0 Å². The van der Waals surface area contributed by atoms with Crippen LogP contribution < -0.4 is 11.1 Å². The van der Waals surface area contributed by atoms with Gasteiger partial charge in [-0.1, -0.05) is 18.2 Å². The fraction of sp³-hybridized carbons (Fsp3) is 0. The molecule has 2 aromatic carbocycles. The van der Waals surface area contributed by atoms with Crippen LogP contribution in [0.3, 0.4) is 0 Å². The number of hydrogen-bond acceptors (Lipinski definition) is 4. The smallest absolute Gasteiger partial charge is 0.257 e. The molecular weight excluding hydrogens is 242 g/mol. The molecule has 0 unspecified atom stereocenters. The van der Waals surface area contributed by atoms with Gasteiger partial charge in [-0.15, -0.1) is 0 Å². The van der Waals surface area contributed by atoms with Crippen LogP contribution in [0.4, 0.5) is 11.4 Å². The highest BCUT2D eigenvalue weighted by Gasteiger charge is 2.12. The Hall–Kier alpha value is -2.89. The largest absolute Gasteiger partial charge is 0.398 e. The van der Waals surface area contributed by atoms with E-state index in [2.05, 4.69) is 20.7 Å². The molecule has 0 radical (unpaired) electrons. The van der Waals surface area contributed by atoms with Crippen molar-refractivity contribution in [3.8, 4) is 0 Å². The summed E-state index contributed by atoms with van der Waals surface area (Å²) >= 11 is 0. The third-order valence-electron chi connectivity index (χ3n) is 2.80. The predicted octanol–water partition coefficient (Wildman–Crippen LogP) is 1.79. The number of aromatic nitrogens is 3. The van der Waals surface area contributed by atoms with Crippen molar-refractivity contribution in [2.45, 2.75) is 0 Å². The summed E-state index contributed by atoms with van der Waals surface area (Å²) in [5, 5.41) is 13.3. The summed E-state index contributed by atoms with van der Waals surface area (Å²) in [6.45, 7) is 0. The normalized spacial score (nSPS) is 10.5. The number of rotatable bonds is 2. The maximum Gasteiger partial charge on any atom is 0.257 e. The van der Waals surface area contributed by atoms with Gasteiger partial charge in [0.05, 0.1) is 11.3 Å². The van der Waals surface area contributed by atoms with Gasteiger partial charge in [0.1, 0.15) is 11.0 Å². The molecule has 19 heavy (non-hydrogen) atoms. The Morgan fingerprint density at radius 1 is 1.11 bits per heavy atom. The first-order valence-electron chi connectivity index (χ1n) is 5.71. The Bertz CT molecular complexity index is 749. The molecule has 6 heteroatoms. The third kappa shape index (κ3) is 1.99. The van der Waals surface area contributed by atoms with Crippen LogP contribution in [0, 0.1) is 0 Å². The average Bonchev–Trinajstić information content (AvgIpc) is 2.88. The fourth-order valence-corrected chi connectivity index (χ4v) is 1.86. The number of carbonyl (C=O) groups excluding carboxylic acids is 1. The molecule has 6 nitrogen and oxygen atoms in total. The molecule has 0 aliphatic rings. The zero-order chi connectivity index (χ0) is 13.2. The number of amides is 1.